The van der Waals surface area contributed by atoms with Crippen molar-refractivity contribution in [2.75, 3.05) is 0 Å². The highest BCUT2D eigenvalue weighted by Crippen LogP contribution is 2.18. The van der Waals surface area contributed by atoms with Crippen LogP contribution < -0.4 is 5.14 Å². The highest BCUT2D eigenvalue weighted by Gasteiger charge is 2.05. The summed E-state index contributed by atoms with van der Waals surface area (Å²) in [5.74, 6) is 0. The molecular weight excluding hydrogens is 224 g/mol. The fraction of sp³-hybridized carbons (Fsp3) is 0.250. The van der Waals surface area contributed by atoms with Crippen molar-refractivity contribution < 1.29 is 12.6 Å². The van der Waals surface area contributed by atoms with Crippen molar-refractivity contribution in [1.82, 2.24) is 4.98 Å². The second-order valence-corrected chi connectivity index (χ2v) is 4.75. The number of rotatable bonds is 3. The topological polar surface area (TPSA) is 82.3 Å². The van der Waals surface area contributed by atoms with Crippen LogP contribution in [0.5, 0.6) is 0 Å². The summed E-state index contributed by atoms with van der Waals surface area (Å²) < 4.78 is 25.3. The van der Waals surface area contributed by atoms with Gasteiger partial charge in [-0.3, -0.25) is 4.18 Å². The van der Waals surface area contributed by atoms with Crippen LogP contribution in [0.15, 0.2) is 6.20 Å². The SMILES string of the molecule is NS(=O)(=O)OCc1cnc(Cl)s1. The van der Waals surface area contributed by atoms with Gasteiger partial charge in [-0.25, -0.2) is 10.1 Å². The molecule has 0 saturated heterocycles. The maximum Gasteiger partial charge on any atom is 0.333 e. The van der Waals surface area contributed by atoms with Gasteiger partial charge in [-0.15, -0.1) is 11.3 Å². The zero-order valence-corrected chi connectivity index (χ0v) is 8.12. The first kappa shape index (κ1) is 9.87. The van der Waals surface area contributed by atoms with E-state index >= 15 is 0 Å². The molecule has 1 aromatic heterocycles. The molecule has 0 radical (unpaired) electrons. The molecule has 0 aliphatic rings. The molecule has 0 amide bonds. The maximum absolute atomic E-state index is 10.3. The standard InChI is InChI=1S/C4H5ClN2O3S2/c5-4-7-1-3(11-4)2-10-12(6,8)9/h1H,2H2,(H2,6,8,9). The van der Waals surface area contributed by atoms with Gasteiger partial charge in [0.25, 0.3) is 0 Å². The third-order valence-corrected chi connectivity index (χ3v) is 2.43. The Morgan fingerprint density at radius 1 is 1.75 bits per heavy atom. The molecule has 0 saturated carbocycles. The van der Waals surface area contributed by atoms with Crippen LogP contribution in [0, 0.1) is 0 Å². The second kappa shape index (κ2) is 3.67. The summed E-state index contributed by atoms with van der Waals surface area (Å²) in [6.45, 7) is -0.122. The number of thiazole rings is 1. The molecule has 5 nitrogen and oxygen atoms in total. The molecule has 1 rings (SSSR count). The minimum absolute atomic E-state index is 0.122. The van der Waals surface area contributed by atoms with E-state index in [9.17, 15) is 8.42 Å². The number of nitrogens with two attached hydrogens (primary N) is 1. The molecule has 1 aromatic rings. The number of hydrogen-bond donors (Lipinski definition) is 1. The summed E-state index contributed by atoms with van der Waals surface area (Å²) in [5.41, 5.74) is 0. The molecule has 0 atom stereocenters. The van der Waals surface area contributed by atoms with Gasteiger partial charge in [0, 0.05) is 6.20 Å². The fourth-order valence-corrected chi connectivity index (χ4v) is 1.75. The Balaban J connectivity index is 2.55. The van der Waals surface area contributed by atoms with Crippen molar-refractivity contribution in [1.29, 1.82) is 0 Å². The number of hydrogen-bond acceptors (Lipinski definition) is 5. The molecule has 8 heteroatoms. The predicted molar refractivity (Wildman–Crippen MR) is 45.0 cm³/mol. The summed E-state index contributed by atoms with van der Waals surface area (Å²) in [7, 11) is -3.88. The smallest absolute Gasteiger partial charge is 0.253 e. The van der Waals surface area contributed by atoms with Crippen LogP contribution >= 0.6 is 22.9 Å². The van der Waals surface area contributed by atoms with Crippen molar-refractivity contribution in [2.45, 2.75) is 6.61 Å². The molecule has 1 heterocycles. The molecule has 0 unspecified atom stereocenters. The Morgan fingerprint density at radius 2 is 2.42 bits per heavy atom. The van der Waals surface area contributed by atoms with Gasteiger partial charge in [-0.2, -0.15) is 8.42 Å². The van der Waals surface area contributed by atoms with Crippen LogP contribution in [0.1, 0.15) is 4.88 Å². The van der Waals surface area contributed by atoms with Gasteiger partial charge >= 0.3 is 10.3 Å². The highest BCUT2D eigenvalue weighted by atomic mass is 35.5. The lowest BCUT2D eigenvalue weighted by molar-refractivity contribution is 0.311. The van der Waals surface area contributed by atoms with Crippen LogP contribution in [-0.2, 0) is 21.1 Å². The van der Waals surface area contributed by atoms with E-state index in [-0.39, 0.29) is 6.61 Å². The average molecular weight is 229 g/mol. The average Bonchev–Trinajstić information content (AvgIpc) is 2.30. The Bertz CT molecular complexity index is 360. The molecule has 68 valence electrons. The van der Waals surface area contributed by atoms with Crippen molar-refractivity contribution >= 4 is 33.2 Å². The third-order valence-electron chi connectivity index (χ3n) is 0.891. The van der Waals surface area contributed by atoms with Gasteiger partial charge in [-0.1, -0.05) is 11.6 Å². The van der Waals surface area contributed by atoms with E-state index in [1.807, 2.05) is 0 Å². The molecule has 0 spiro atoms. The largest absolute Gasteiger partial charge is 0.333 e. The molecular formula is C4H5ClN2O3S2. The monoisotopic (exact) mass is 228 g/mol. The van der Waals surface area contributed by atoms with E-state index in [1.54, 1.807) is 0 Å². The van der Waals surface area contributed by atoms with Crippen molar-refractivity contribution in [3.8, 4) is 0 Å². The molecule has 0 aromatic carbocycles. The van der Waals surface area contributed by atoms with Crippen LogP contribution in [0.3, 0.4) is 0 Å². The van der Waals surface area contributed by atoms with E-state index in [4.69, 9.17) is 11.6 Å². The lowest BCUT2D eigenvalue weighted by Crippen LogP contribution is -2.15. The zero-order valence-electron chi connectivity index (χ0n) is 5.73. The van der Waals surface area contributed by atoms with Crippen molar-refractivity contribution in [3.63, 3.8) is 0 Å². The minimum atomic E-state index is -3.88. The molecule has 0 bridgehead atoms. The molecule has 2 N–H and O–H groups in total. The van der Waals surface area contributed by atoms with Gasteiger partial charge in [0.15, 0.2) is 4.47 Å². The number of halogens is 1. The Labute approximate surface area is 78.4 Å². The van der Waals surface area contributed by atoms with Crippen LogP contribution in [-0.4, -0.2) is 13.4 Å². The first-order chi connectivity index (χ1) is 5.47. The van der Waals surface area contributed by atoms with Crippen molar-refractivity contribution in [3.05, 3.63) is 15.5 Å². The van der Waals surface area contributed by atoms with Gasteiger partial charge in [0.2, 0.25) is 0 Å². The van der Waals surface area contributed by atoms with Gasteiger partial charge in [-0.05, 0) is 0 Å². The normalized spacial score (nSPS) is 11.8. The van der Waals surface area contributed by atoms with Crippen LogP contribution in [0.4, 0.5) is 0 Å². The third kappa shape index (κ3) is 3.46. The second-order valence-electron chi connectivity index (χ2n) is 1.83. The Morgan fingerprint density at radius 3 is 2.83 bits per heavy atom. The molecule has 0 aliphatic heterocycles. The first-order valence-corrected chi connectivity index (χ1v) is 5.41. The molecule has 0 aliphatic carbocycles. The quantitative estimate of drug-likeness (QED) is 0.818. The number of nitrogens with zero attached hydrogens (tertiary/aromatic N) is 1. The van der Waals surface area contributed by atoms with Gasteiger partial charge in [0.05, 0.1) is 4.88 Å². The summed E-state index contributed by atoms with van der Waals surface area (Å²) in [6.07, 6.45) is 1.43. The van der Waals surface area contributed by atoms with E-state index in [1.165, 1.54) is 6.20 Å². The predicted octanol–water partition coefficient (Wildman–Crippen LogP) is 0.517. The number of aromatic nitrogens is 1. The Kier molecular flexibility index (Phi) is 3.02. The van der Waals surface area contributed by atoms with Crippen LogP contribution in [0.25, 0.3) is 0 Å². The maximum atomic E-state index is 10.3. The highest BCUT2D eigenvalue weighted by molar-refractivity contribution is 7.84. The van der Waals surface area contributed by atoms with E-state index < -0.39 is 10.3 Å². The van der Waals surface area contributed by atoms with E-state index in [2.05, 4.69) is 14.3 Å². The molecule has 0 fully saturated rings. The first-order valence-electron chi connectivity index (χ1n) is 2.75. The summed E-state index contributed by atoms with van der Waals surface area (Å²) >= 11 is 6.62. The van der Waals surface area contributed by atoms with Crippen molar-refractivity contribution in [2.24, 2.45) is 5.14 Å². The Hall–Kier alpha value is -0.210. The summed E-state index contributed by atoms with van der Waals surface area (Å²) in [6, 6.07) is 0. The fourth-order valence-electron chi connectivity index (χ4n) is 0.491. The summed E-state index contributed by atoms with van der Waals surface area (Å²) in [5, 5.41) is 4.59. The lowest BCUT2D eigenvalue weighted by atomic mass is 10.6. The van der Waals surface area contributed by atoms with E-state index in [0.717, 1.165) is 11.3 Å². The summed E-state index contributed by atoms with van der Waals surface area (Å²) in [4.78, 5) is 4.29. The zero-order chi connectivity index (χ0) is 9.19. The van der Waals surface area contributed by atoms with Crippen LogP contribution in [0.2, 0.25) is 4.47 Å². The van der Waals surface area contributed by atoms with Gasteiger partial charge < -0.3 is 0 Å². The minimum Gasteiger partial charge on any atom is -0.253 e. The lowest BCUT2D eigenvalue weighted by Gasteiger charge is -1.95. The molecule has 12 heavy (non-hydrogen) atoms. The van der Waals surface area contributed by atoms with E-state index in [0.29, 0.717) is 9.34 Å². The van der Waals surface area contributed by atoms with Gasteiger partial charge in [0.1, 0.15) is 6.61 Å².